The molecule has 0 saturated carbocycles. The van der Waals surface area contributed by atoms with Crippen LogP contribution in [-0.4, -0.2) is 17.4 Å². The molecule has 0 saturated heterocycles. The van der Waals surface area contributed by atoms with Crippen LogP contribution >= 0.6 is 15.9 Å². The number of halogens is 1. The van der Waals surface area contributed by atoms with Crippen LogP contribution < -0.4 is 14.8 Å². The number of nitro benzene ring substituents is 1. The maximum absolute atomic E-state index is 12.8. The number of nitrogens with one attached hydrogen (secondary N) is 1. The summed E-state index contributed by atoms with van der Waals surface area (Å²) in [5.74, 6) is 0.277. The number of carbonyl (C=O) groups excluding carboxylic acids is 1. The van der Waals surface area contributed by atoms with Crippen molar-refractivity contribution in [3.05, 3.63) is 97.0 Å². The van der Waals surface area contributed by atoms with Crippen molar-refractivity contribution in [1.82, 2.24) is 0 Å². The fourth-order valence-corrected chi connectivity index (χ4v) is 3.97. The third-order valence-electron chi connectivity index (χ3n) is 5.15. The molecule has 0 radical (unpaired) electrons. The standard InChI is InChI=1S/C27H24BrN3O5/c1-4-35-25-13-20(12-23(28)26(25)36-16-19-7-5-6-17(2)10-19)11-21(15-29)27(32)30-24-14-22(31(33)34)9-8-18(24)3/h5-14H,4,16H2,1-3H3,(H,30,32)/b21-11+. The van der Waals surface area contributed by atoms with Crippen LogP contribution in [0.15, 0.2) is 64.6 Å². The lowest BCUT2D eigenvalue weighted by molar-refractivity contribution is -0.384. The molecule has 1 amide bonds. The Morgan fingerprint density at radius 3 is 2.61 bits per heavy atom. The Morgan fingerprint density at radius 2 is 1.94 bits per heavy atom. The molecule has 0 atom stereocenters. The lowest BCUT2D eigenvalue weighted by atomic mass is 10.1. The summed E-state index contributed by atoms with van der Waals surface area (Å²) in [6.07, 6.45) is 1.42. The lowest BCUT2D eigenvalue weighted by Gasteiger charge is -2.15. The number of nitriles is 1. The molecule has 0 heterocycles. The van der Waals surface area contributed by atoms with E-state index in [0.29, 0.717) is 40.3 Å². The van der Waals surface area contributed by atoms with Gasteiger partial charge in [0.2, 0.25) is 0 Å². The summed E-state index contributed by atoms with van der Waals surface area (Å²) < 4.78 is 12.4. The zero-order valence-electron chi connectivity index (χ0n) is 20.0. The van der Waals surface area contributed by atoms with Crippen LogP contribution in [-0.2, 0) is 11.4 Å². The molecule has 0 unspecified atom stereocenters. The van der Waals surface area contributed by atoms with Gasteiger partial charge in [0.05, 0.1) is 21.7 Å². The van der Waals surface area contributed by atoms with Gasteiger partial charge in [-0.3, -0.25) is 14.9 Å². The Morgan fingerprint density at radius 1 is 1.17 bits per heavy atom. The van der Waals surface area contributed by atoms with Crippen molar-refractivity contribution in [2.24, 2.45) is 0 Å². The fraction of sp³-hybridized carbons (Fsp3) is 0.185. The zero-order valence-corrected chi connectivity index (χ0v) is 21.6. The van der Waals surface area contributed by atoms with Crippen LogP contribution in [0.2, 0.25) is 0 Å². The molecule has 36 heavy (non-hydrogen) atoms. The van der Waals surface area contributed by atoms with E-state index in [0.717, 1.165) is 11.1 Å². The van der Waals surface area contributed by atoms with Crippen molar-refractivity contribution >= 4 is 39.3 Å². The molecule has 9 heteroatoms. The summed E-state index contributed by atoms with van der Waals surface area (Å²) in [6.45, 7) is 6.28. The van der Waals surface area contributed by atoms with Crippen molar-refractivity contribution in [3.8, 4) is 17.6 Å². The van der Waals surface area contributed by atoms with Crippen LogP contribution in [0.25, 0.3) is 6.08 Å². The fourth-order valence-electron chi connectivity index (χ4n) is 3.39. The second-order valence-corrected chi connectivity index (χ2v) is 8.78. The van der Waals surface area contributed by atoms with Gasteiger partial charge in [-0.25, -0.2) is 0 Å². The molecule has 0 bridgehead atoms. The first kappa shape index (κ1) is 26.4. The quantitative estimate of drug-likeness (QED) is 0.141. The van der Waals surface area contributed by atoms with Gasteiger partial charge in [0, 0.05) is 12.1 Å². The van der Waals surface area contributed by atoms with Gasteiger partial charge in [-0.2, -0.15) is 5.26 Å². The van der Waals surface area contributed by atoms with Gasteiger partial charge in [0.15, 0.2) is 11.5 Å². The summed E-state index contributed by atoms with van der Waals surface area (Å²) in [7, 11) is 0. The van der Waals surface area contributed by atoms with Crippen LogP contribution in [0.3, 0.4) is 0 Å². The topological polar surface area (TPSA) is 114 Å². The Balaban J connectivity index is 1.87. The molecule has 0 aliphatic carbocycles. The summed E-state index contributed by atoms with van der Waals surface area (Å²) in [5.41, 5.74) is 3.22. The predicted molar refractivity (Wildman–Crippen MR) is 141 cm³/mol. The van der Waals surface area contributed by atoms with Gasteiger partial charge in [-0.05, 0) is 71.6 Å². The third-order valence-corrected chi connectivity index (χ3v) is 5.74. The normalized spacial score (nSPS) is 10.9. The number of ether oxygens (including phenoxy) is 2. The molecule has 184 valence electrons. The van der Waals surface area contributed by atoms with Crippen molar-refractivity contribution in [2.75, 3.05) is 11.9 Å². The minimum Gasteiger partial charge on any atom is -0.490 e. The van der Waals surface area contributed by atoms with E-state index in [1.807, 2.05) is 44.2 Å². The number of amides is 1. The van der Waals surface area contributed by atoms with E-state index < -0.39 is 10.8 Å². The van der Waals surface area contributed by atoms with Crippen LogP contribution in [0.1, 0.15) is 29.2 Å². The minimum atomic E-state index is -0.685. The van der Waals surface area contributed by atoms with E-state index in [9.17, 15) is 20.2 Å². The average molecular weight is 550 g/mol. The number of nitrogens with zero attached hydrogens (tertiary/aromatic N) is 2. The molecule has 3 aromatic carbocycles. The van der Waals surface area contributed by atoms with Gasteiger partial charge < -0.3 is 14.8 Å². The first-order valence-corrected chi connectivity index (χ1v) is 11.8. The van der Waals surface area contributed by atoms with Crippen molar-refractivity contribution in [1.29, 1.82) is 5.26 Å². The highest BCUT2D eigenvalue weighted by atomic mass is 79.9. The number of hydrogen-bond acceptors (Lipinski definition) is 6. The Bertz CT molecular complexity index is 1380. The van der Waals surface area contributed by atoms with E-state index in [1.54, 1.807) is 19.1 Å². The molecule has 0 aromatic heterocycles. The number of rotatable bonds is 9. The van der Waals surface area contributed by atoms with Crippen LogP contribution in [0, 0.1) is 35.3 Å². The monoisotopic (exact) mass is 549 g/mol. The SMILES string of the molecule is CCOc1cc(/C=C(\C#N)C(=O)Nc2cc([N+](=O)[O-])ccc2C)cc(Br)c1OCc1cccc(C)c1. The highest BCUT2D eigenvalue weighted by Gasteiger charge is 2.16. The summed E-state index contributed by atoms with van der Waals surface area (Å²) in [5, 5.41) is 23.3. The molecule has 1 N–H and O–H groups in total. The Kier molecular flexibility index (Phi) is 8.81. The van der Waals surface area contributed by atoms with Crippen molar-refractivity contribution < 1.29 is 19.2 Å². The molecule has 3 rings (SSSR count). The number of anilines is 1. The second kappa shape index (κ2) is 12.0. The van der Waals surface area contributed by atoms with Gasteiger partial charge in [0.1, 0.15) is 18.2 Å². The number of aryl methyl sites for hydroxylation is 2. The average Bonchev–Trinajstić information content (AvgIpc) is 2.83. The van der Waals surface area contributed by atoms with E-state index in [2.05, 4.69) is 21.2 Å². The summed E-state index contributed by atoms with van der Waals surface area (Å²) >= 11 is 3.51. The molecule has 3 aromatic rings. The van der Waals surface area contributed by atoms with E-state index >= 15 is 0 Å². The number of nitro groups is 1. The summed E-state index contributed by atoms with van der Waals surface area (Å²) in [6, 6.07) is 17.4. The van der Waals surface area contributed by atoms with Gasteiger partial charge in [-0.15, -0.1) is 0 Å². The molecular weight excluding hydrogens is 526 g/mol. The summed E-state index contributed by atoms with van der Waals surface area (Å²) in [4.78, 5) is 23.3. The Hall–Kier alpha value is -4.16. The first-order chi connectivity index (χ1) is 17.2. The van der Waals surface area contributed by atoms with Crippen LogP contribution in [0.4, 0.5) is 11.4 Å². The van der Waals surface area contributed by atoms with E-state index in [4.69, 9.17) is 9.47 Å². The maximum Gasteiger partial charge on any atom is 0.271 e. The largest absolute Gasteiger partial charge is 0.490 e. The molecule has 0 spiro atoms. The molecule has 0 fully saturated rings. The molecule has 0 aliphatic rings. The van der Waals surface area contributed by atoms with E-state index in [1.165, 1.54) is 24.3 Å². The molecule has 0 aliphatic heterocycles. The van der Waals surface area contributed by atoms with Crippen molar-refractivity contribution in [2.45, 2.75) is 27.4 Å². The lowest BCUT2D eigenvalue weighted by Crippen LogP contribution is -2.14. The Labute approximate surface area is 217 Å². The smallest absolute Gasteiger partial charge is 0.271 e. The molecular formula is C27H24BrN3O5. The van der Waals surface area contributed by atoms with Gasteiger partial charge in [0.25, 0.3) is 11.6 Å². The maximum atomic E-state index is 12.8. The number of hydrogen-bond donors (Lipinski definition) is 1. The van der Waals surface area contributed by atoms with Gasteiger partial charge in [-0.1, -0.05) is 35.9 Å². The predicted octanol–water partition coefficient (Wildman–Crippen LogP) is 6.50. The highest BCUT2D eigenvalue weighted by molar-refractivity contribution is 9.10. The number of non-ortho nitro benzene ring substituents is 1. The van der Waals surface area contributed by atoms with Gasteiger partial charge >= 0.3 is 0 Å². The van der Waals surface area contributed by atoms with E-state index in [-0.39, 0.29) is 16.9 Å². The molecule has 8 nitrogen and oxygen atoms in total. The third kappa shape index (κ3) is 6.71. The zero-order chi connectivity index (χ0) is 26.2. The van der Waals surface area contributed by atoms with Crippen molar-refractivity contribution in [3.63, 3.8) is 0 Å². The first-order valence-electron chi connectivity index (χ1n) is 11.0. The number of carbonyl (C=O) groups is 1. The highest BCUT2D eigenvalue weighted by Crippen LogP contribution is 2.38. The second-order valence-electron chi connectivity index (χ2n) is 7.92. The number of benzene rings is 3. The minimum absolute atomic E-state index is 0.162. The van der Waals surface area contributed by atoms with Crippen LogP contribution in [0.5, 0.6) is 11.5 Å².